The number of aliphatic hydroxyl groups excluding tert-OH is 1. The van der Waals surface area contributed by atoms with Crippen LogP contribution in [-0.2, 0) is 0 Å². The van der Waals surface area contributed by atoms with E-state index < -0.39 is 48.8 Å². The molecule has 4 N–H and O–H groups in total. The third kappa shape index (κ3) is 5.51. The Labute approximate surface area is 150 Å². The molecule has 0 aliphatic rings. The molecule has 0 aliphatic heterocycles. The minimum absolute atomic E-state index is 0.0833. The van der Waals surface area contributed by atoms with Gasteiger partial charge in [0.1, 0.15) is 0 Å². The molecule has 1 aromatic carbocycles. The van der Waals surface area contributed by atoms with E-state index >= 15 is 0 Å². The zero-order valence-electron chi connectivity index (χ0n) is 13.4. The van der Waals surface area contributed by atoms with E-state index in [2.05, 4.69) is 0 Å². The average Bonchev–Trinajstić information content (AvgIpc) is 2.54. The fourth-order valence-corrected chi connectivity index (χ4v) is 1.47. The molecule has 0 aromatic heterocycles. The van der Waals surface area contributed by atoms with Crippen LogP contribution in [0.15, 0.2) is 24.3 Å². The molecule has 0 atom stereocenters. The van der Waals surface area contributed by atoms with Crippen molar-refractivity contribution in [2.75, 3.05) is 6.61 Å². The highest BCUT2D eigenvalue weighted by Crippen LogP contribution is 2.52. The summed E-state index contributed by atoms with van der Waals surface area (Å²) < 4.78 is 97.4. The van der Waals surface area contributed by atoms with Crippen LogP contribution in [0.4, 0.5) is 35.1 Å². The van der Waals surface area contributed by atoms with E-state index in [1.165, 1.54) is 24.3 Å². The summed E-state index contributed by atoms with van der Waals surface area (Å²) in [5.74, 6) is -20.9. The van der Waals surface area contributed by atoms with Gasteiger partial charge in [-0.2, -0.15) is 35.1 Å². The topological polar surface area (TPSA) is 115 Å². The molecule has 0 saturated heterocycles. The van der Waals surface area contributed by atoms with E-state index in [1.54, 1.807) is 0 Å². The van der Waals surface area contributed by atoms with Crippen LogP contribution >= 0.6 is 0 Å². The Morgan fingerprint density at radius 1 is 0.750 bits per heavy atom. The Hall–Kier alpha value is -2.48. The van der Waals surface area contributed by atoms with Gasteiger partial charge in [-0.15, -0.1) is 0 Å². The number of alkyl halides is 8. The minimum Gasteiger partial charge on any atom is -0.478 e. The van der Waals surface area contributed by atoms with E-state index in [1.807, 2.05) is 0 Å². The van der Waals surface area contributed by atoms with Crippen LogP contribution in [0.3, 0.4) is 0 Å². The molecule has 0 unspecified atom stereocenters. The normalized spacial score (nSPS) is 12.8. The number of carboxylic acid groups (broad SMARTS) is 2. The SMILES string of the molecule is O=C(O)c1ccc(C(=O)O)cc1.OCCC(F)(F)C(F)(F)C(F)(F)C(O)(F)F. The number of aromatic carboxylic acids is 2. The van der Waals surface area contributed by atoms with Gasteiger partial charge in [0, 0.05) is 13.0 Å². The number of rotatable bonds is 7. The van der Waals surface area contributed by atoms with E-state index in [4.69, 9.17) is 20.4 Å². The highest BCUT2D eigenvalue weighted by Gasteiger charge is 2.80. The predicted octanol–water partition coefficient (Wildman–Crippen LogP) is 2.94. The first kappa shape index (κ1) is 25.5. The molecule has 0 spiro atoms. The van der Waals surface area contributed by atoms with E-state index in [0.717, 1.165) is 0 Å². The van der Waals surface area contributed by atoms with E-state index in [-0.39, 0.29) is 11.1 Å². The maximum atomic E-state index is 12.4. The molecular formula is C14H12F8O6. The summed E-state index contributed by atoms with van der Waals surface area (Å²) in [4.78, 5) is 20.7. The number of benzene rings is 1. The van der Waals surface area contributed by atoms with Crippen LogP contribution in [0, 0.1) is 0 Å². The lowest BCUT2D eigenvalue weighted by Crippen LogP contribution is -2.62. The van der Waals surface area contributed by atoms with Gasteiger partial charge >= 0.3 is 35.8 Å². The van der Waals surface area contributed by atoms with Crippen molar-refractivity contribution in [2.45, 2.75) is 30.3 Å². The van der Waals surface area contributed by atoms with Crippen molar-refractivity contribution in [1.29, 1.82) is 0 Å². The van der Waals surface area contributed by atoms with Gasteiger partial charge in [0.25, 0.3) is 0 Å². The molecule has 0 heterocycles. The summed E-state index contributed by atoms with van der Waals surface area (Å²) in [5, 5.41) is 32.3. The zero-order valence-corrected chi connectivity index (χ0v) is 13.4. The number of carboxylic acids is 2. The third-order valence-corrected chi connectivity index (χ3v) is 3.04. The van der Waals surface area contributed by atoms with Gasteiger partial charge in [0.05, 0.1) is 11.1 Å². The maximum absolute atomic E-state index is 12.4. The van der Waals surface area contributed by atoms with Crippen LogP contribution in [0.25, 0.3) is 0 Å². The summed E-state index contributed by atoms with van der Waals surface area (Å²) in [7, 11) is 0. The molecule has 1 aromatic rings. The Morgan fingerprint density at radius 2 is 1.07 bits per heavy atom. The Morgan fingerprint density at radius 3 is 1.29 bits per heavy atom. The summed E-state index contributed by atoms with van der Waals surface area (Å²) in [5.41, 5.74) is 0.167. The first-order valence-corrected chi connectivity index (χ1v) is 6.83. The number of hydrogen-bond donors (Lipinski definition) is 4. The number of hydrogen-bond acceptors (Lipinski definition) is 4. The first-order valence-electron chi connectivity index (χ1n) is 6.83. The minimum atomic E-state index is -6.65. The second-order valence-corrected chi connectivity index (χ2v) is 5.06. The third-order valence-electron chi connectivity index (χ3n) is 3.04. The van der Waals surface area contributed by atoms with E-state index in [0.29, 0.717) is 0 Å². The van der Waals surface area contributed by atoms with Crippen molar-refractivity contribution >= 4 is 11.9 Å². The summed E-state index contributed by atoms with van der Waals surface area (Å²) in [6.07, 6.45) is -8.46. The quantitative estimate of drug-likeness (QED) is 0.497. The Balaban J connectivity index is 0.000000540. The summed E-state index contributed by atoms with van der Waals surface area (Å²) in [6, 6.07) is 5.02. The molecule has 14 heteroatoms. The molecule has 28 heavy (non-hydrogen) atoms. The smallest absolute Gasteiger partial charge is 0.423 e. The fraction of sp³-hybridized carbons (Fsp3) is 0.429. The lowest BCUT2D eigenvalue weighted by Gasteiger charge is -2.34. The second-order valence-electron chi connectivity index (χ2n) is 5.06. The van der Waals surface area contributed by atoms with Crippen molar-refractivity contribution in [3.05, 3.63) is 35.4 Å². The van der Waals surface area contributed by atoms with Gasteiger partial charge in [-0.1, -0.05) is 0 Å². The Kier molecular flexibility index (Phi) is 7.92. The molecule has 0 amide bonds. The molecular weight excluding hydrogens is 416 g/mol. The second kappa shape index (κ2) is 8.68. The van der Waals surface area contributed by atoms with Crippen molar-refractivity contribution in [2.24, 2.45) is 0 Å². The number of aliphatic hydroxyl groups is 2. The van der Waals surface area contributed by atoms with Crippen molar-refractivity contribution < 1.29 is 65.1 Å². The maximum Gasteiger partial charge on any atom is 0.423 e. The van der Waals surface area contributed by atoms with Crippen LogP contribution in [-0.4, -0.2) is 62.8 Å². The van der Waals surface area contributed by atoms with Crippen molar-refractivity contribution in [1.82, 2.24) is 0 Å². The monoisotopic (exact) mass is 428 g/mol. The predicted molar refractivity (Wildman–Crippen MR) is 74.1 cm³/mol. The number of carbonyl (C=O) groups is 2. The molecule has 1 rings (SSSR count). The van der Waals surface area contributed by atoms with Gasteiger partial charge in [-0.25, -0.2) is 9.59 Å². The summed E-state index contributed by atoms with van der Waals surface area (Å²) in [6.45, 7) is -1.62. The van der Waals surface area contributed by atoms with Gasteiger partial charge in [-0.3, -0.25) is 0 Å². The molecule has 0 aliphatic carbocycles. The van der Waals surface area contributed by atoms with Crippen LogP contribution in [0.2, 0.25) is 0 Å². The van der Waals surface area contributed by atoms with Crippen LogP contribution < -0.4 is 0 Å². The standard InChI is InChI=1S/C8H6O4.C6H6F8O2/c9-7(10)5-1-2-6(4-3-5)8(11)12;7-3(8,1-2-15)4(9,10)5(11,12)6(13,14)16/h1-4H,(H,9,10)(H,11,12);15-16H,1-2H2. The largest absolute Gasteiger partial charge is 0.478 e. The molecule has 0 fully saturated rings. The molecule has 0 radical (unpaired) electrons. The van der Waals surface area contributed by atoms with Crippen molar-refractivity contribution in [3.8, 4) is 0 Å². The Bertz CT molecular complexity index is 651. The molecule has 6 nitrogen and oxygen atoms in total. The van der Waals surface area contributed by atoms with Gasteiger partial charge < -0.3 is 20.4 Å². The fourth-order valence-electron chi connectivity index (χ4n) is 1.47. The molecule has 160 valence electrons. The van der Waals surface area contributed by atoms with Gasteiger partial charge in [-0.05, 0) is 24.3 Å². The van der Waals surface area contributed by atoms with Crippen molar-refractivity contribution in [3.63, 3.8) is 0 Å². The van der Waals surface area contributed by atoms with Gasteiger partial charge in [0.15, 0.2) is 0 Å². The molecule has 0 bridgehead atoms. The lowest BCUT2D eigenvalue weighted by molar-refractivity contribution is -0.417. The van der Waals surface area contributed by atoms with Crippen LogP contribution in [0.1, 0.15) is 27.1 Å². The highest BCUT2D eigenvalue weighted by molar-refractivity contribution is 5.91. The first-order chi connectivity index (χ1) is 12.4. The zero-order chi connectivity index (χ0) is 22.6. The molecule has 0 saturated carbocycles. The van der Waals surface area contributed by atoms with Crippen LogP contribution in [0.5, 0.6) is 0 Å². The summed E-state index contributed by atoms with van der Waals surface area (Å²) >= 11 is 0. The van der Waals surface area contributed by atoms with Gasteiger partial charge in [0.2, 0.25) is 0 Å². The average molecular weight is 428 g/mol. The number of halogens is 8. The lowest BCUT2D eigenvalue weighted by atomic mass is 10.0. The highest BCUT2D eigenvalue weighted by atomic mass is 19.4. The van der Waals surface area contributed by atoms with E-state index in [9.17, 15) is 44.7 Å².